The van der Waals surface area contributed by atoms with E-state index >= 15 is 0 Å². The molecule has 0 bridgehead atoms. The fraction of sp³-hybridized carbons (Fsp3) is 0.556. The first-order valence-corrected chi connectivity index (χ1v) is 8.22. The number of hydrogen-bond acceptors (Lipinski definition) is 2. The molecule has 2 heterocycles. The van der Waals surface area contributed by atoms with Gasteiger partial charge in [0, 0.05) is 31.7 Å². The number of amides is 2. The van der Waals surface area contributed by atoms with E-state index in [1.165, 1.54) is 6.42 Å². The zero-order valence-corrected chi connectivity index (χ0v) is 13.5. The quantitative estimate of drug-likeness (QED) is 0.842. The SMILES string of the molecule is Cc1ccc(C)c(N2CC(C(=O)N3CCCCC3)CC2=O)c1. The van der Waals surface area contributed by atoms with Crippen LogP contribution in [0.5, 0.6) is 0 Å². The highest BCUT2D eigenvalue weighted by Crippen LogP contribution is 2.30. The summed E-state index contributed by atoms with van der Waals surface area (Å²) in [5, 5.41) is 0. The molecule has 0 aromatic heterocycles. The van der Waals surface area contributed by atoms with E-state index in [-0.39, 0.29) is 17.7 Å². The summed E-state index contributed by atoms with van der Waals surface area (Å²) >= 11 is 0. The lowest BCUT2D eigenvalue weighted by Crippen LogP contribution is -2.40. The molecular weight excluding hydrogens is 276 g/mol. The Hall–Kier alpha value is -1.84. The van der Waals surface area contributed by atoms with Crippen molar-refractivity contribution in [3.05, 3.63) is 29.3 Å². The zero-order valence-electron chi connectivity index (χ0n) is 13.5. The minimum absolute atomic E-state index is 0.0732. The van der Waals surface area contributed by atoms with Gasteiger partial charge in [-0.15, -0.1) is 0 Å². The Morgan fingerprint density at radius 1 is 1.14 bits per heavy atom. The van der Waals surface area contributed by atoms with Crippen LogP contribution in [0.3, 0.4) is 0 Å². The molecule has 1 aromatic carbocycles. The predicted octanol–water partition coefficient (Wildman–Crippen LogP) is 2.67. The molecule has 3 rings (SSSR count). The molecular formula is C18H24N2O2. The van der Waals surface area contributed by atoms with Crippen LogP contribution < -0.4 is 4.90 Å². The third-order valence-electron chi connectivity index (χ3n) is 4.80. The normalized spacial score (nSPS) is 22.3. The van der Waals surface area contributed by atoms with Gasteiger partial charge in [0.1, 0.15) is 0 Å². The molecule has 0 spiro atoms. The molecule has 0 saturated carbocycles. The molecule has 2 amide bonds. The summed E-state index contributed by atoms with van der Waals surface area (Å²) in [6, 6.07) is 6.13. The van der Waals surface area contributed by atoms with E-state index in [9.17, 15) is 9.59 Å². The minimum Gasteiger partial charge on any atom is -0.342 e. The number of anilines is 1. The van der Waals surface area contributed by atoms with E-state index in [1.807, 2.05) is 30.9 Å². The molecule has 0 aliphatic carbocycles. The summed E-state index contributed by atoms with van der Waals surface area (Å²) in [4.78, 5) is 28.8. The lowest BCUT2D eigenvalue weighted by Gasteiger charge is -2.29. The minimum atomic E-state index is -0.175. The van der Waals surface area contributed by atoms with Crippen molar-refractivity contribution in [2.75, 3.05) is 24.5 Å². The Balaban J connectivity index is 1.75. The number of rotatable bonds is 2. The monoisotopic (exact) mass is 300 g/mol. The highest BCUT2D eigenvalue weighted by atomic mass is 16.2. The second kappa shape index (κ2) is 6.11. The summed E-state index contributed by atoms with van der Waals surface area (Å²) in [5.74, 6) is 0.0652. The number of nitrogens with zero attached hydrogens (tertiary/aromatic N) is 2. The predicted molar refractivity (Wildman–Crippen MR) is 86.8 cm³/mol. The van der Waals surface area contributed by atoms with Crippen molar-refractivity contribution in [1.29, 1.82) is 0 Å². The van der Waals surface area contributed by atoms with E-state index in [0.717, 1.165) is 42.7 Å². The first kappa shape index (κ1) is 15.1. The number of hydrogen-bond donors (Lipinski definition) is 0. The fourth-order valence-electron chi connectivity index (χ4n) is 3.49. The first-order chi connectivity index (χ1) is 10.6. The van der Waals surface area contributed by atoms with Crippen LogP contribution in [0.15, 0.2) is 18.2 Å². The van der Waals surface area contributed by atoms with Gasteiger partial charge in [-0.2, -0.15) is 0 Å². The molecule has 1 unspecified atom stereocenters. The Bertz CT molecular complexity index is 591. The summed E-state index contributed by atoms with van der Waals surface area (Å²) in [6.45, 7) is 6.28. The fourth-order valence-corrected chi connectivity index (χ4v) is 3.49. The molecule has 0 N–H and O–H groups in total. The number of carbonyl (C=O) groups is 2. The van der Waals surface area contributed by atoms with Crippen molar-refractivity contribution >= 4 is 17.5 Å². The molecule has 118 valence electrons. The van der Waals surface area contributed by atoms with Gasteiger partial charge in [-0.25, -0.2) is 0 Å². The second-order valence-corrected chi connectivity index (χ2v) is 6.58. The number of likely N-dealkylation sites (tertiary alicyclic amines) is 1. The van der Waals surface area contributed by atoms with E-state index in [4.69, 9.17) is 0 Å². The van der Waals surface area contributed by atoms with Crippen LogP contribution in [0, 0.1) is 19.8 Å². The average Bonchev–Trinajstić information content (AvgIpc) is 2.91. The third-order valence-corrected chi connectivity index (χ3v) is 4.80. The molecule has 1 atom stereocenters. The highest BCUT2D eigenvalue weighted by Gasteiger charge is 2.37. The maximum Gasteiger partial charge on any atom is 0.228 e. The van der Waals surface area contributed by atoms with Crippen molar-refractivity contribution in [3.8, 4) is 0 Å². The van der Waals surface area contributed by atoms with Crippen molar-refractivity contribution in [2.24, 2.45) is 5.92 Å². The van der Waals surface area contributed by atoms with Gasteiger partial charge in [-0.1, -0.05) is 12.1 Å². The van der Waals surface area contributed by atoms with E-state index in [0.29, 0.717) is 13.0 Å². The van der Waals surface area contributed by atoms with Gasteiger partial charge in [-0.3, -0.25) is 9.59 Å². The zero-order chi connectivity index (χ0) is 15.7. The lowest BCUT2D eigenvalue weighted by molar-refractivity contribution is -0.136. The molecule has 0 radical (unpaired) electrons. The Morgan fingerprint density at radius 2 is 1.86 bits per heavy atom. The molecule has 1 aromatic rings. The van der Waals surface area contributed by atoms with Crippen molar-refractivity contribution in [2.45, 2.75) is 39.5 Å². The Morgan fingerprint density at radius 3 is 2.59 bits per heavy atom. The number of carbonyl (C=O) groups excluding carboxylic acids is 2. The standard InChI is InChI=1S/C18H24N2O2/c1-13-6-7-14(2)16(10-13)20-12-15(11-17(20)21)18(22)19-8-4-3-5-9-19/h6-7,10,15H,3-5,8-9,11-12H2,1-2H3. The van der Waals surface area contributed by atoms with Gasteiger partial charge in [0.05, 0.1) is 5.92 Å². The van der Waals surface area contributed by atoms with Crippen LogP contribution in [0.1, 0.15) is 36.8 Å². The summed E-state index contributed by atoms with van der Waals surface area (Å²) in [6.07, 6.45) is 3.74. The van der Waals surface area contributed by atoms with Crippen molar-refractivity contribution in [3.63, 3.8) is 0 Å². The van der Waals surface area contributed by atoms with Crippen LogP contribution in [-0.4, -0.2) is 36.3 Å². The summed E-state index contributed by atoms with van der Waals surface area (Å²) < 4.78 is 0. The molecule has 2 aliphatic heterocycles. The van der Waals surface area contributed by atoms with Crippen LogP contribution in [0.2, 0.25) is 0 Å². The van der Waals surface area contributed by atoms with Gasteiger partial charge in [0.25, 0.3) is 0 Å². The lowest BCUT2D eigenvalue weighted by atomic mass is 10.0. The largest absolute Gasteiger partial charge is 0.342 e. The first-order valence-electron chi connectivity index (χ1n) is 8.22. The van der Waals surface area contributed by atoms with Crippen molar-refractivity contribution in [1.82, 2.24) is 4.90 Å². The van der Waals surface area contributed by atoms with Gasteiger partial charge < -0.3 is 9.80 Å². The number of piperidine rings is 1. The van der Waals surface area contributed by atoms with Gasteiger partial charge >= 0.3 is 0 Å². The van der Waals surface area contributed by atoms with Crippen LogP contribution in [-0.2, 0) is 9.59 Å². The molecule has 22 heavy (non-hydrogen) atoms. The van der Waals surface area contributed by atoms with E-state index in [2.05, 4.69) is 6.07 Å². The maximum atomic E-state index is 12.6. The molecule has 2 fully saturated rings. The van der Waals surface area contributed by atoms with Crippen LogP contribution >= 0.6 is 0 Å². The summed E-state index contributed by atoms with van der Waals surface area (Å²) in [7, 11) is 0. The van der Waals surface area contributed by atoms with Gasteiger partial charge in [-0.05, 0) is 50.3 Å². The van der Waals surface area contributed by atoms with Gasteiger partial charge in [0.15, 0.2) is 0 Å². The van der Waals surface area contributed by atoms with Crippen molar-refractivity contribution < 1.29 is 9.59 Å². The molecule has 4 nitrogen and oxygen atoms in total. The topological polar surface area (TPSA) is 40.6 Å². The third kappa shape index (κ3) is 2.87. The highest BCUT2D eigenvalue weighted by molar-refractivity contribution is 6.00. The molecule has 2 saturated heterocycles. The summed E-state index contributed by atoms with van der Waals surface area (Å²) in [5.41, 5.74) is 3.18. The van der Waals surface area contributed by atoms with E-state index in [1.54, 1.807) is 4.90 Å². The number of aryl methyl sites for hydroxylation is 2. The Labute approximate surface area is 132 Å². The molecule has 4 heteroatoms. The van der Waals surface area contributed by atoms with E-state index < -0.39 is 0 Å². The average molecular weight is 300 g/mol. The smallest absolute Gasteiger partial charge is 0.228 e. The maximum absolute atomic E-state index is 12.6. The second-order valence-electron chi connectivity index (χ2n) is 6.58. The van der Waals surface area contributed by atoms with Crippen LogP contribution in [0.25, 0.3) is 0 Å². The van der Waals surface area contributed by atoms with Crippen LogP contribution in [0.4, 0.5) is 5.69 Å². The molecule has 2 aliphatic rings. The Kier molecular flexibility index (Phi) is 4.19. The number of benzene rings is 1. The van der Waals surface area contributed by atoms with Gasteiger partial charge in [0.2, 0.25) is 11.8 Å².